The number of aliphatic carboxylic acids is 1. The molecule has 0 N–H and O–H groups in total. The minimum absolute atomic E-state index is 0.141. The van der Waals surface area contributed by atoms with Crippen LogP contribution in [-0.2, 0) is 33.3 Å². The van der Waals surface area contributed by atoms with Crippen molar-refractivity contribution in [3.05, 3.63) is 122 Å². The van der Waals surface area contributed by atoms with E-state index in [0.29, 0.717) is 17.4 Å². The maximum Gasteiger partial charge on any atom is 0.306 e. The van der Waals surface area contributed by atoms with E-state index in [-0.39, 0.29) is 38.6 Å². The Morgan fingerprint density at radius 3 is 0.964 bits per heavy atom. The van der Waals surface area contributed by atoms with Gasteiger partial charge in [-0.15, -0.1) is 0 Å². The second kappa shape index (κ2) is 63.7. The van der Waals surface area contributed by atoms with E-state index in [0.717, 1.165) is 116 Å². The van der Waals surface area contributed by atoms with Gasteiger partial charge in [0.1, 0.15) is 13.2 Å². The summed E-state index contributed by atoms with van der Waals surface area (Å²) < 4.78 is 22.8. The largest absolute Gasteiger partial charge is 0.545 e. The molecule has 0 heterocycles. The number of hydrogen-bond donors (Lipinski definition) is 0. The number of carbonyl (C=O) groups is 3. The van der Waals surface area contributed by atoms with Crippen LogP contribution in [0.5, 0.6) is 0 Å². The van der Waals surface area contributed by atoms with E-state index in [1.807, 2.05) is 21.1 Å². The van der Waals surface area contributed by atoms with E-state index < -0.39 is 24.3 Å². The zero-order valence-electron chi connectivity index (χ0n) is 54.0. The molecule has 2 atom stereocenters. The van der Waals surface area contributed by atoms with Crippen molar-refractivity contribution >= 4 is 17.9 Å². The lowest BCUT2D eigenvalue weighted by molar-refractivity contribution is -0.870. The standard InChI is InChI=1S/C74H125NO8/c1-6-8-10-12-14-16-18-20-22-24-26-28-30-31-32-33-34-35-36-37-38-39-40-41-43-45-47-49-51-53-55-57-59-61-63-65-72(77)83-70(69-82-74(73(78)79)80-67-66-75(3,4)5)68-81-71(76)64-62-60-58-56-54-52-50-48-46-44-42-29-27-25-23-21-19-17-15-13-11-9-7-2/h8-11,14-17,20-23,26-29,31-32,44,46,70,74H,6-7,12-13,18-19,24-25,30,33-43,45,47-69H2,1-5H3/b10-8-,11-9-,16-14-,17-15-,22-20-,23-21-,28-26-,29-27-,32-31-,46-44-. The monoisotopic (exact) mass is 1160 g/mol. The second-order valence-corrected chi connectivity index (χ2v) is 23.3. The molecule has 0 aromatic carbocycles. The lowest BCUT2D eigenvalue weighted by Crippen LogP contribution is -2.44. The first kappa shape index (κ1) is 78.7. The predicted molar refractivity (Wildman–Crippen MR) is 352 cm³/mol. The lowest BCUT2D eigenvalue weighted by Gasteiger charge is -2.26. The fourth-order valence-corrected chi connectivity index (χ4v) is 9.12. The number of esters is 2. The van der Waals surface area contributed by atoms with Gasteiger partial charge in [0.2, 0.25) is 0 Å². The number of carboxylic acid groups (broad SMARTS) is 1. The van der Waals surface area contributed by atoms with Gasteiger partial charge >= 0.3 is 11.9 Å². The Morgan fingerprint density at radius 2 is 0.651 bits per heavy atom. The molecule has 0 spiro atoms. The van der Waals surface area contributed by atoms with Crippen LogP contribution in [0.15, 0.2) is 122 Å². The number of rotatable bonds is 61. The third-order valence-corrected chi connectivity index (χ3v) is 14.2. The quantitative estimate of drug-likeness (QED) is 0.0195. The van der Waals surface area contributed by atoms with E-state index in [4.69, 9.17) is 18.9 Å². The van der Waals surface area contributed by atoms with Crippen molar-refractivity contribution in [1.29, 1.82) is 0 Å². The first-order chi connectivity index (χ1) is 40.6. The van der Waals surface area contributed by atoms with Crippen LogP contribution in [0.25, 0.3) is 0 Å². The van der Waals surface area contributed by atoms with Gasteiger partial charge in [-0.25, -0.2) is 0 Å². The first-order valence-electron chi connectivity index (χ1n) is 33.7. The molecule has 83 heavy (non-hydrogen) atoms. The Morgan fingerprint density at radius 1 is 0.361 bits per heavy atom. The van der Waals surface area contributed by atoms with Crippen LogP contribution in [-0.4, -0.2) is 82.3 Å². The fourth-order valence-electron chi connectivity index (χ4n) is 9.12. The van der Waals surface area contributed by atoms with Gasteiger partial charge in [-0.05, 0) is 103 Å². The molecule has 474 valence electrons. The molecule has 0 bridgehead atoms. The highest BCUT2D eigenvalue weighted by Crippen LogP contribution is 2.17. The molecule has 0 aromatic rings. The number of quaternary nitrogens is 1. The van der Waals surface area contributed by atoms with E-state index in [2.05, 4.69) is 135 Å². The molecule has 2 unspecified atom stereocenters. The Kier molecular flexibility index (Phi) is 60.4. The average molecular weight is 1160 g/mol. The molecular formula is C74H125NO8. The number of allylic oxidation sites excluding steroid dienone is 20. The van der Waals surface area contributed by atoms with Gasteiger partial charge in [0.25, 0.3) is 0 Å². The molecule has 0 aliphatic carbocycles. The highest BCUT2D eigenvalue weighted by atomic mass is 16.7. The van der Waals surface area contributed by atoms with E-state index in [9.17, 15) is 19.5 Å². The second-order valence-electron chi connectivity index (χ2n) is 23.3. The molecule has 0 radical (unpaired) electrons. The third-order valence-electron chi connectivity index (χ3n) is 14.2. The molecule has 0 rings (SSSR count). The molecule has 9 heteroatoms. The average Bonchev–Trinajstić information content (AvgIpc) is 3.46. The van der Waals surface area contributed by atoms with Crippen molar-refractivity contribution in [3.63, 3.8) is 0 Å². The minimum Gasteiger partial charge on any atom is -0.545 e. The van der Waals surface area contributed by atoms with E-state index in [1.165, 1.54) is 122 Å². The van der Waals surface area contributed by atoms with Crippen molar-refractivity contribution in [2.75, 3.05) is 47.5 Å². The van der Waals surface area contributed by atoms with E-state index >= 15 is 0 Å². The Hall–Kier alpha value is -4.31. The highest BCUT2D eigenvalue weighted by Gasteiger charge is 2.22. The minimum atomic E-state index is -1.63. The highest BCUT2D eigenvalue weighted by molar-refractivity contribution is 5.70. The summed E-state index contributed by atoms with van der Waals surface area (Å²) in [7, 11) is 5.92. The van der Waals surface area contributed by atoms with Gasteiger partial charge in [-0.3, -0.25) is 9.59 Å². The summed E-state index contributed by atoms with van der Waals surface area (Å²) in [5.74, 6) is -2.30. The van der Waals surface area contributed by atoms with Gasteiger partial charge < -0.3 is 33.3 Å². The maximum absolute atomic E-state index is 12.9. The van der Waals surface area contributed by atoms with Crippen LogP contribution in [0.3, 0.4) is 0 Å². The van der Waals surface area contributed by atoms with Gasteiger partial charge in [0.15, 0.2) is 12.4 Å². The SMILES string of the molecule is CC/C=C\C/C=C\C/C=C\C/C=C\C/C=C\CCCCCCCCCCCCCCCCCCCCCC(=O)OC(COC(=O)CCCCCCCCC/C=C\C/C=C\C/C=C\C/C=C\C/C=C\CC)COC(OCC[N+](C)(C)C)C(=O)[O-]. The van der Waals surface area contributed by atoms with E-state index in [1.54, 1.807) is 0 Å². The van der Waals surface area contributed by atoms with Gasteiger partial charge in [0.05, 0.1) is 40.3 Å². The number of carboxylic acids is 1. The zero-order valence-corrected chi connectivity index (χ0v) is 54.0. The molecular weight excluding hydrogens is 1030 g/mol. The summed E-state index contributed by atoms with van der Waals surface area (Å²) in [6, 6.07) is 0. The molecule has 9 nitrogen and oxygen atoms in total. The molecule has 0 aromatic heterocycles. The first-order valence-corrected chi connectivity index (χ1v) is 33.7. The summed E-state index contributed by atoms with van der Waals surface area (Å²) in [6.45, 7) is 4.52. The van der Waals surface area contributed by atoms with Crippen LogP contribution in [0.2, 0.25) is 0 Å². The molecule has 0 aliphatic heterocycles. The Bertz CT molecular complexity index is 1780. The normalized spacial score (nSPS) is 13.5. The number of ether oxygens (including phenoxy) is 4. The molecule has 0 aliphatic rings. The van der Waals surface area contributed by atoms with Gasteiger partial charge in [-0.1, -0.05) is 277 Å². The fraction of sp³-hybridized carbons (Fsp3) is 0.689. The van der Waals surface area contributed by atoms with Crippen molar-refractivity contribution in [3.8, 4) is 0 Å². The van der Waals surface area contributed by atoms with Gasteiger partial charge in [-0.2, -0.15) is 0 Å². The third kappa shape index (κ3) is 65.1. The molecule has 0 fully saturated rings. The van der Waals surface area contributed by atoms with Crippen LogP contribution in [0.1, 0.15) is 271 Å². The predicted octanol–water partition coefficient (Wildman–Crippen LogP) is 19.5. The number of likely N-dealkylation sites (N-methyl/N-ethyl adjacent to an activating group) is 1. The number of hydrogen-bond acceptors (Lipinski definition) is 8. The maximum atomic E-state index is 12.9. The van der Waals surface area contributed by atoms with Crippen LogP contribution in [0, 0.1) is 0 Å². The Labute approximate surface area is 510 Å². The van der Waals surface area contributed by atoms with Crippen LogP contribution >= 0.6 is 0 Å². The summed E-state index contributed by atoms with van der Waals surface area (Å²) >= 11 is 0. The summed E-state index contributed by atoms with van der Waals surface area (Å²) in [4.78, 5) is 37.4. The van der Waals surface area contributed by atoms with Crippen LogP contribution in [0.4, 0.5) is 0 Å². The van der Waals surface area contributed by atoms with Crippen molar-refractivity contribution in [2.45, 2.75) is 283 Å². The smallest absolute Gasteiger partial charge is 0.306 e. The topological polar surface area (TPSA) is 111 Å². The van der Waals surface area contributed by atoms with Crippen molar-refractivity contribution in [2.24, 2.45) is 0 Å². The Balaban J connectivity index is 4.12. The summed E-state index contributed by atoms with van der Waals surface area (Å²) in [5.41, 5.74) is 0. The molecule has 0 saturated carbocycles. The lowest BCUT2D eigenvalue weighted by atomic mass is 10.0. The zero-order chi connectivity index (χ0) is 60.5. The molecule has 0 saturated heterocycles. The van der Waals surface area contributed by atoms with Crippen molar-refractivity contribution < 1.29 is 42.9 Å². The number of nitrogens with zero attached hydrogens (tertiary/aromatic N) is 1. The van der Waals surface area contributed by atoms with Gasteiger partial charge in [0, 0.05) is 12.8 Å². The number of unbranched alkanes of at least 4 members (excludes halogenated alkanes) is 26. The summed E-state index contributed by atoms with van der Waals surface area (Å²) in [6.07, 6.45) is 87.0. The van der Waals surface area contributed by atoms with Crippen LogP contribution < -0.4 is 5.11 Å². The van der Waals surface area contributed by atoms with Crippen molar-refractivity contribution in [1.82, 2.24) is 0 Å². The molecule has 0 amide bonds. The number of carbonyl (C=O) groups excluding carboxylic acids is 3. The summed E-state index contributed by atoms with van der Waals surface area (Å²) in [5, 5.41) is 11.8.